The predicted molar refractivity (Wildman–Crippen MR) is 95.3 cm³/mol. The first kappa shape index (κ1) is 16.4. The summed E-state index contributed by atoms with van der Waals surface area (Å²) in [5.74, 6) is 0.846. The molecule has 0 aliphatic rings. The van der Waals surface area contributed by atoms with E-state index in [-0.39, 0.29) is 0 Å². The van der Waals surface area contributed by atoms with Gasteiger partial charge in [0, 0.05) is 18.0 Å². The van der Waals surface area contributed by atoms with Gasteiger partial charge < -0.3 is 9.64 Å². The number of thioether (sulfide) groups is 1. The molecule has 0 atom stereocenters. The first-order chi connectivity index (χ1) is 10.8. The van der Waals surface area contributed by atoms with Gasteiger partial charge in [0.25, 0.3) is 0 Å². The molecule has 0 fully saturated rings. The fourth-order valence-electron chi connectivity index (χ4n) is 2.01. The highest BCUT2D eigenvalue weighted by Crippen LogP contribution is 2.25. The lowest BCUT2D eigenvalue weighted by molar-refractivity contribution is 0.415. The third-order valence-electron chi connectivity index (χ3n) is 3.28. The highest BCUT2D eigenvalue weighted by atomic mass is 32.2. The first-order valence-corrected chi connectivity index (χ1v) is 8.29. The monoisotopic (exact) mass is 314 g/mol. The van der Waals surface area contributed by atoms with E-state index < -0.39 is 0 Å². The van der Waals surface area contributed by atoms with E-state index >= 15 is 0 Å². The first-order valence-electron chi connectivity index (χ1n) is 7.47. The number of aliphatic imine (C=N–C) groups is 1. The summed E-state index contributed by atoms with van der Waals surface area (Å²) in [6, 6.07) is 18.2. The molecule has 0 unspecified atom stereocenters. The predicted octanol–water partition coefficient (Wildman–Crippen LogP) is 4.82. The molecule has 0 spiro atoms. The van der Waals surface area contributed by atoms with Crippen molar-refractivity contribution in [1.29, 1.82) is 0 Å². The third kappa shape index (κ3) is 4.53. The summed E-state index contributed by atoms with van der Waals surface area (Å²) < 4.78 is 5.20. The molecule has 2 aromatic carbocycles. The smallest absolute Gasteiger partial charge is 0.169 e. The van der Waals surface area contributed by atoms with Gasteiger partial charge in [0.1, 0.15) is 5.75 Å². The molecule has 0 aliphatic heterocycles. The molecule has 116 valence electrons. The lowest BCUT2D eigenvalue weighted by atomic mass is 10.3. The largest absolute Gasteiger partial charge is 0.497 e. The van der Waals surface area contributed by atoms with E-state index in [1.807, 2.05) is 30.3 Å². The van der Waals surface area contributed by atoms with Gasteiger partial charge in [-0.25, -0.2) is 4.99 Å². The summed E-state index contributed by atoms with van der Waals surface area (Å²) >= 11 is 1.70. The van der Waals surface area contributed by atoms with Gasteiger partial charge >= 0.3 is 0 Å². The molecule has 2 rings (SSSR count). The summed E-state index contributed by atoms with van der Waals surface area (Å²) in [5, 5.41) is 1.02. The number of ether oxygens (including phenoxy) is 1. The molecule has 0 aliphatic carbocycles. The van der Waals surface area contributed by atoms with E-state index in [1.54, 1.807) is 18.9 Å². The Morgan fingerprint density at radius 1 is 1.00 bits per heavy atom. The Balaban J connectivity index is 2.27. The van der Waals surface area contributed by atoms with Gasteiger partial charge in [-0.15, -0.1) is 0 Å². The Hall–Kier alpha value is -1.94. The van der Waals surface area contributed by atoms with Gasteiger partial charge in [0.05, 0.1) is 12.8 Å². The van der Waals surface area contributed by atoms with Crippen molar-refractivity contribution in [2.75, 3.05) is 20.2 Å². The molecule has 0 bridgehead atoms. The Labute approximate surface area is 137 Å². The Bertz CT molecular complexity index is 592. The number of hydrogen-bond donors (Lipinski definition) is 0. The van der Waals surface area contributed by atoms with Crippen LogP contribution in [0, 0.1) is 0 Å². The second kappa shape index (κ2) is 8.49. The molecule has 0 amide bonds. The molecule has 0 saturated carbocycles. The van der Waals surface area contributed by atoms with Crippen LogP contribution in [0.25, 0.3) is 0 Å². The van der Waals surface area contributed by atoms with Crippen LogP contribution >= 0.6 is 11.8 Å². The normalized spacial score (nSPS) is 11.3. The van der Waals surface area contributed by atoms with Crippen LogP contribution in [-0.2, 0) is 0 Å². The van der Waals surface area contributed by atoms with E-state index in [0.717, 1.165) is 29.7 Å². The molecule has 0 radical (unpaired) electrons. The number of amidine groups is 1. The van der Waals surface area contributed by atoms with E-state index in [0.29, 0.717) is 0 Å². The van der Waals surface area contributed by atoms with E-state index in [1.165, 1.54) is 4.90 Å². The fourth-order valence-corrected chi connectivity index (χ4v) is 3.06. The molecule has 0 aromatic heterocycles. The van der Waals surface area contributed by atoms with Crippen molar-refractivity contribution < 1.29 is 4.74 Å². The standard InChI is InChI=1S/C18H22N2OS/c1-4-20(5-2)18(22-17-9-7-6-8-10-17)19-15-11-13-16(21-3)14-12-15/h6-14H,4-5H2,1-3H3. The maximum Gasteiger partial charge on any atom is 0.169 e. The molecule has 0 heterocycles. The highest BCUT2D eigenvalue weighted by Gasteiger charge is 2.10. The van der Waals surface area contributed by atoms with Crippen molar-refractivity contribution in [1.82, 2.24) is 4.90 Å². The van der Waals surface area contributed by atoms with Crippen LogP contribution in [0.4, 0.5) is 5.69 Å². The average molecular weight is 314 g/mol. The lowest BCUT2D eigenvalue weighted by Gasteiger charge is -2.22. The minimum absolute atomic E-state index is 0.846. The van der Waals surface area contributed by atoms with Gasteiger partial charge in [-0.3, -0.25) is 0 Å². The lowest BCUT2D eigenvalue weighted by Crippen LogP contribution is -2.28. The SMILES string of the molecule is CCN(CC)C(=Nc1ccc(OC)cc1)Sc1ccccc1. The van der Waals surface area contributed by atoms with Crippen molar-refractivity contribution in [3.63, 3.8) is 0 Å². The zero-order chi connectivity index (χ0) is 15.8. The molecular formula is C18H22N2OS. The number of nitrogens with zero attached hydrogens (tertiary/aromatic N) is 2. The maximum absolute atomic E-state index is 5.20. The molecule has 22 heavy (non-hydrogen) atoms. The van der Waals surface area contributed by atoms with Gasteiger partial charge in [-0.05, 0) is 50.2 Å². The maximum atomic E-state index is 5.20. The quantitative estimate of drug-likeness (QED) is 0.449. The summed E-state index contributed by atoms with van der Waals surface area (Å²) in [6.45, 7) is 6.17. The number of methoxy groups -OCH3 is 1. The molecule has 0 saturated heterocycles. The number of hydrogen-bond acceptors (Lipinski definition) is 3. The van der Waals surface area contributed by atoms with Crippen molar-refractivity contribution in [3.05, 3.63) is 54.6 Å². The van der Waals surface area contributed by atoms with Crippen molar-refractivity contribution in [2.45, 2.75) is 18.7 Å². The van der Waals surface area contributed by atoms with Crippen LogP contribution in [0.15, 0.2) is 64.5 Å². The highest BCUT2D eigenvalue weighted by molar-refractivity contribution is 8.13. The van der Waals surface area contributed by atoms with Crippen molar-refractivity contribution in [3.8, 4) is 5.75 Å². The summed E-state index contributed by atoms with van der Waals surface area (Å²) in [4.78, 5) is 8.28. The van der Waals surface area contributed by atoms with Crippen LogP contribution in [0.5, 0.6) is 5.75 Å². The van der Waals surface area contributed by atoms with Crippen LogP contribution in [0.3, 0.4) is 0 Å². The van der Waals surface area contributed by atoms with Crippen molar-refractivity contribution in [2.24, 2.45) is 4.99 Å². The Morgan fingerprint density at radius 2 is 1.64 bits per heavy atom. The zero-order valence-corrected chi connectivity index (χ0v) is 14.1. The summed E-state index contributed by atoms with van der Waals surface area (Å²) in [5.41, 5.74) is 0.936. The van der Waals surface area contributed by atoms with Crippen molar-refractivity contribution >= 4 is 22.6 Å². The second-order valence-corrected chi connectivity index (χ2v) is 5.72. The average Bonchev–Trinajstić information content (AvgIpc) is 2.57. The second-order valence-electron chi connectivity index (χ2n) is 4.68. The molecular weight excluding hydrogens is 292 g/mol. The Kier molecular flexibility index (Phi) is 6.34. The van der Waals surface area contributed by atoms with Crippen LogP contribution in [0.1, 0.15) is 13.8 Å². The number of rotatable bonds is 5. The molecule has 2 aromatic rings. The van der Waals surface area contributed by atoms with Crippen LogP contribution < -0.4 is 4.74 Å². The molecule has 4 heteroatoms. The van der Waals surface area contributed by atoms with Gasteiger partial charge in [0.15, 0.2) is 5.17 Å². The molecule has 3 nitrogen and oxygen atoms in total. The van der Waals surface area contributed by atoms with Crippen LogP contribution in [0.2, 0.25) is 0 Å². The van der Waals surface area contributed by atoms with Crippen LogP contribution in [-0.4, -0.2) is 30.3 Å². The fraction of sp³-hybridized carbons (Fsp3) is 0.278. The van der Waals surface area contributed by atoms with Gasteiger partial charge in [0.2, 0.25) is 0 Å². The topological polar surface area (TPSA) is 24.8 Å². The minimum Gasteiger partial charge on any atom is -0.497 e. The molecule has 0 N–H and O–H groups in total. The van der Waals surface area contributed by atoms with Gasteiger partial charge in [-0.2, -0.15) is 0 Å². The van der Waals surface area contributed by atoms with Gasteiger partial charge in [-0.1, -0.05) is 30.0 Å². The summed E-state index contributed by atoms with van der Waals surface area (Å²) in [7, 11) is 1.67. The van der Waals surface area contributed by atoms with E-state index in [2.05, 4.69) is 43.0 Å². The van der Waals surface area contributed by atoms with E-state index in [4.69, 9.17) is 9.73 Å². The zero-order valence-electron chi connectivity index (χ0n) is 13.3. The van der Waals surface area contributed by atoms with E-state index in [9.17, 15) is 0 Å². The summed E-state index contributed by atoms with van der Waals surface area (Å²) in [6.07, 6.45) is 0. The number of benzene rings is 2. The third-order valence-corrected chi connectivity index (χ3v) is 4.32. The minimum atomic E-state index is 0.846. The Morgan fingerprint density at radius 3 is 2.18 bits per heavy atom.